The lowest BCUT2D eigenvalue weighted by atomic mass is 9.67. The Labute approximate surface area is 161 Å². The summed E-state index contributed by atoms with van der Waals surface area (Å²) in [5, 5.41) is 9.46. The Hall–Kier alpha value is -2.10. The van der Waals surface area contributed by atoms with Gasteiger partial charge in [0.2, 0.25) is 0 Å². The predicted octanol–water partition coefficient (Wildman–Crippen LogP) is 5.47. The van der Waals surface area contributed by atoms with Gasteiger partial charge in [0.05, 0.1) is 0 Å². The molecule has 0 amide bonds. The summed E-state index contributed by atoms with van der Waals surface area (Å²) in [6.45, 7) is 8.51. The molecule has 3 atom stereocenters. The Balaban J connectivity index is 2.11. The SMILES string of the molecule is CCCCC(C)c1cc(C=O)c2c(c1)OC(C)(C)C1CCC(C(=O)O)=CC21. The molecule has 3 rings (SSSR count). The van der Waals surface area contributed by atoms with Crippen LogP contribution in [0.4, 0.5) is 0 Å². The first-order chi connectivity index (χ1) is 12.8. The molecule has 0 bridgehead atoms. The van der Waals surface area contributed by atoms with Gasteiger partial charge < -0.3 is 9.84 Å². The van der Waals surface area contributed by atoms with E-state index in [0.717, 1.165) is 48.8 Å². The maximum Gasteiger partial charge on any atom is 0.331 e. The fraction of sp³-hybridized carbons (Fsp3) is 0.565. The van der Waals surface area contributed by atoms with Crippen molar-refractivity contribution in [2.45, 2.75) is 77.2 Å². The van der Waals surface area contributed by atoms with E-state index in [-0.39, 0.29) is 11.8 Å². The molecule has 3 unspecified atom stereocenters. The molecule has 1 N–H and O–H groups in total. The van der Waals surface area contributed by atoms with Gasteiger partial charge in [-0.05, 0) is 56.7 Å². The van der Waals surface area contributed by atoms with Crippen molar-refractivity contribution in [2.24, 2.45) is 5.92 Å². The van der Waals surface area contributed by atoms with E-state index in [2.05, 4.69) is 33.8 Å². The average molecular weight is 370 g/mol. The highest BCUT2D eigenvalue weighted by atomic mass is 16.5. The Morgan fingerprint density at radius 3 is 2.78 bits per heavy atom. The standard InChI is InChI=1S/C23H30O4/c1-5-6-7-14(2)16-10-17(13-24)21-18-11-15(22(25)26)8-9-19(18)23(3,4)27-20(21)12-16/h10-14,18-19H,5-9H2,1-4H3,(H,25,26). The highest BCUT2D eigenvalue weighted by Crippen LogP contribution is 2.52. The smallest absolute Gasteiger partial charge is 0.331 e. The van der Waals surface area contributed by atoms with Crippen LogP contribution in [0.5, 0.6) is 5.75 Å². The van der Waals surface area contributed by atoms with Crippen molar-refractivity contribution in [3.05, 3.63) is 40.5 Å². The first kappa shape index (κ1) is 19.7. The Morgan fingerprint density at radius 1 is 1.41 bits per heavy atom. The van der Waals surface area contributed by atoms with Crippen LogP contribution in [0.3, 0.4) is 0 Å². The largest absolute Gasteiger partial charge is 0.487 e. The van der Waals surface area contributed by atoms with Crippen LogP contribution >= 0.6 is 0 Å². The Kier molecular flexibility index (Phi) is 5.45. The zero-order valence-electron chi connectivity index (χ0n) is 16.7. The lowest BCUT2D eigenvalue weighted by Gasteiger charge is -2.46. The Morgan fingerprint density at radius 2 is 2.15 bits per heavy atom. The molecule has 0 fully saturated rings. The van der Waals surface area contributed by atoms with E-state index in [4.69, 9.17) is 4.74 Å². The van der Waals surface area contributed by atoms with Gasteiger partial charge in [0.1, 0.15) is 17.6 Å². The maximum atomic E-state index is 11.9. The molecule has 27 heavy (non-hydrogen) atoms. The molecule has 0 saturated carbocycles. The summed E-state index contributed by atoms with van der Waals surface area (Å²) in [6.07, 6.45) is 7.42. The molecule has 1 aromatic rings. The second-order valence-electron chi connectivity index (χ2n) is 8.56. The van der Waals surface area contributed by atoms with Crippen LogP contribution in [0.1, 0.15) is 93.1 Å². The van der Waals surface area contributed by atoms with Gasteiger partial charge in [-0.25, -0.2) is 4.79 Å². The second kappa shape index (κ2) is 7.49. The molecule has 2 aliphatic rings. The summed E-state index contributed by atoms with van der Waals surface area (Å²) in [6, 6.07) is 4.05. The molecule has 0 aromatic heterocycles. The minimum atomic E-state index is -0.864. The molecule has 1 aliphatic heterocycles. The van der Waals surface area contributed by atoms with Crippen molar-refractivity contribution in [3.8, 4) is 5.75 Å². The van der Waals surface area contributed by atoms with Crippen LogP contribution in [-0.4, -0.2) is 23.0 Å². The predicted molar refractivity (Wildman–Crippen MR) is 106 cm³/mol. The number of aliphatic carboxylic acids is 1. The summed E-state index contributed by atoms with van der Waals surface area (Å²) in [7, 11) is 0. The normalized spacial score (nSPS) is 24.1. The number of carboxylic acids is 1. The van der Waals surface area contributed by atoms with Gasteiger partial charge >= 0.3 is 5.97 Å². The summed E-state index contributed by atoms with van der Waals surface area (Å²) in [5.41, 5.74) is 2.66. The fourth-order valence-corrected chi connectivity index (χ4v) is 4.68. The highest BCUT2D eigenvalue weighted by molar-refractivity contribution is 5.87. The number of ether oxygens (including phenoxy) is 1. The third-order valence-electron chi connectivity index (χ3n) is 6.30. The number of unbranched alkanes of at least 4 members (excludes halogenated alkanes) is 1. The molecule has 1 aliphatic carbocycles. The number of benzene rings is 1. The summed E-state index contributed by atoms with van der Waals surface area (Å²) >= 11 is 0. The van der Waals surface area contributed by atoms with Crippen molar-refractivity contribution in [1.82, 2.24) is 0 Å². The lowest BCUT2D eigenvalue weighted by molar-refractivity contribution is -0.133. The number of hydrogen-bond acceptors (Lipinski definition) is 3. The van der Waals surface area contributed by atoms with Gasteiger partial charge in [0, 0.05) is 28.5 Å². The molecule has 0 saturated heterocycles. The van der Waals surface area contributed by atoms with Gasteiger partial charge in [-0.2, -0.15) is 0 Å². The molecule has 4 heteroatoms. The lowest BCUT2D eigenvalue weighted by Crippen LogP contribution is -2.45. The number of allylic oxidation sites excluding steroid dienone is 1. The molecular weight excluding hydrogens is 340 g/mol. The minimum Gasteiger partial charge on any atom is -0.487 e. The number of carbonyl (C=O) groups excluding carboxylic acids is 1. The van der Waals surface area contributed by atoms with E-state index >= 15 is 0 Å². The summed E-state index contributed by atoms with van der Waals surface area (Å²) < 4.78 is 6.39. The van der Waals surface area contributed by atoms with Crippen molar-refractivity contribution >= 4 is 12.3 Å². The molecule has 1 aromatic carbocycles. The summed E-state index contributed by atoms with van der Waals surface area (Å²) in [5.74, 6) is 0.303. The van der Waals surface area contributed by atoms with E-state index in [1.165, 1.54) is 0 Å². The van der Waals surface area contributed by atoms with Crippen LogP contribution in [-0.2, 0) is 4.79 Å². The molecule has 146 valence electrons. The van der Waals surface area contributed by atoms with E-state index in [0.29, 0.717) is 23.5 Å². The van der Waals surface area contributed by atoms with Crippen LogP contribution < -0.4 is 4.74 Å². The maximum absolute atomic E-state index is 11.9. The van der Waals surface area contributed by atoms with Crippen molar-refractivity contribution < 1.29 is 19.4 Å². The van der Waals surface area contributed by atoms with E-state index in [1.54, 1.807) is 0 Å². The van der Waals surface area contributed by atoms with Gasteiger partial charge in [0.25, 0.3) is 0 Å². The Bertz CT molecular complexity index is 775. The number of rotatable bonds is 6. The van der Waals surface area contributed by atoms with Crippen LogP contribution in [0.2, 0.25) is 0 Å². The third-order valence-corrected chi connectivity index (χ3v) is 6.30. The van der Waals surface area contributed by atoms with Gasteiger partial charge in [-0.15, -0.1) is 0 Å². The molecule has 0 spiro atoms. The number of hydrogen-bond donors (Lipinski definition) is 1. The van der Waals surface area contributed by atoms with Crippen LogP contribution in [0.25, 0.3) is 0 Å². The van der Waals surface area contributed by atoms with Gasteiger partial charge in [-0.3, -0.25) is 4.79 Å². The first-order valence-corrected chi connectivity index (χ1v) is 10.0. The number of aldehydes is 1. The van der Waals surface area contributed by atoms with Gasteiger partial charge in [-0.1, -0.05) is 32.8 Å². The van der Waals surface area contributed by atoms with Crippen molar-refractivity contribution in [3.63, 3.8) is 0 Å². The second-order valence-corrected chi connectivity index (χ2v) is 8.56. The molecule has 0 radical (unpaired) electrons. The monoisotopic (exact) mass is 370 g/mol. The van der Waals surface area contributed by atoms with Crippen molar-refractivity contribution in [2.75, 3.05) is 0 Å². The zero-order valence-corrected chi connectivity index (χ0v) is 16.7. The average Bonchev–Trinajstić information content (AvgIpc) is 2.64. The number of carboxylic acid groups (broad SMARTS) is 1. The van der Waals surface area contributed by atoms with Crippen LogP contribution in [0, 0.1) is 5.92 Å². The minimum absolute atomic E-state index is 0.0937. The van der Waals surface area contributed by atoms with Crippen molar-refractivity contribution in [1.29, 1.82) is 0 Å². The first-order valence-electron chi connectivity index (χ1n) is 10.0. The third kappa shape index (κ3) is 3.67. The molecular formula is C23H30O4. The van der Waals surface area contributed by atoms with E-state index in [9.17, 15) is 14.7 Å². The topological polar surface area (TPSA) is 63.6 Å². The molecule has 4 nitrogen and oxygen atoms in total. The summed E-state index contributed by atoms with van der Waals surface area (Å²) in [4.78, 5) is 23.5. The number of fused-ring (bicyclic) bond motifs is 3. The molecule has 1 heterocycles. The highest BCUT2D eigenvalue weighted by Gasteiger charge is 2.46. The number of carbonyl (C=O) groups is 2. The fourth-order valence-electron chi connectivity index (χ4n) is 4.68. The zero-order chi connectivity index (χ0) is 19.8. The van der Waals surface area contributed by atoms with Gasteiger partial charge in [0.15, 0.2) is 0 Å². The van der Waals surface area contributed by atoms with E-state index < -0.39 is 11.6 Å². The van der Waals surface area contributed by atoms with Crippen LogP contribution in [0.15, 0.2) is 23.8 Å². The quantitative estimate of drug-likeness (QED) is 0.675. The van der Waals surface area contributed by atoms with E-state index in [1.807, 2.05) is 12.1 Å².